The van der Waals surface area contributed by atoms with Crippen LogP contribution in [0.1, 0.15) is 361 Å². The zero-order valence-electron chi connectivity index (χ0n) is 48.7. The molecule has 6 nitrogen and oxygen atoms in total. The summed E-state index contributed by atoms with van der Waals surface area (Å²) in [6.45, 7) is 4.94. The number of carbonyl (C=O) groups excluding carboxylic acids is 2. The van der Waals surface area contributed by atoms with Crippen molar-refractivity contribution in [1.82, 2.24) is 5.32 Å². The van der Waals surface area contributed by atoms with Crippen molar-refractivity contribution >= 4 is 11.9 Å². The average Bonchev–Trinajstić information content (AvgIpc) is 3.38. The monoisotopic (exact) mass is 1010 g/mol. The molecule has 72 heavy (non-hydrogen) atoms. The molecule has 6 heteroatoms. The summed E-state index contributed by atoms with van der Waals surface area (Å²) in [5, 5.41) is 23.4. The lowest BCUT2D eigenvalue weighted by atomic mass is 10.0. The van der Waals surface area contributed by atoms with Crippen LogP contribution in [0, 0.1) is 0 Å². The third kappa shape index (κ3) is 57.6. The van der Waals surface area contributed by atoms with Gasteiger partial charge in [0.1, 0.15) is 0 Å². The van der Waals surface area contributed by atoms with Crippen molar-refractivity contribution in [3.63, 3.8) is 0 Å². The van der Waals surface area contributed by atoms with Gasteiger partial charge in [0.05, 0.1) is 25.4 Å². The Morgan fingerprint density at radius 3 is 1.08 bits per heavy atom. The number of ether oxygens (including phenoxy) is 1. The quantitative estimate of drug-likeness (QED) is 0.0320. The summed E-state index contributed by atoms with van der Waals surface area (Å²) in [6.07, 6.45) is 76.1. The lowest BCUT2D eigenvalue weighted by Gasteiger charge is -2.22. The van der Waals surface area contributed by atoms with Crippen LogP contribution < -0.4 is 5.32 Å². The Balaban J connectivity index is 3.42. The topological polar surface area (TPSA) is 95.9 Å². The SMILES string of the molecule is CCCCC/C=C\C/C=C\CCCCCCCCCCCC(=O)OCCCCCCCCCCCCCCCCCC(=O)NC(CO)C(O)CCCCCCCCCCCCCCCCCCCCCCC. The maximum Gasteiger partial charge on any atom is 0.305 e. The smallest absolute Gasteiger partial charge is 0.305 e. The fourth-order valence-electron chi connectivity index (χ4n) is 10.3. The molecule has 0 aromatic carbocycles. The van der Waals surface area contributed by atoms with Crippen molar-refractivity contribution in [2.45, 2.75) is 373 Å². The molecule has 0 spiro atoms. The molecule has 0 aromatic rings. The first kappa shape index (κ1) is 70.3. The summed E-state index contributed by atoms with van der Waals surface area (Å²) in [5.74, 6) is -0.0418. The van der Waals surface area contributed by atoms with Gasteiger partial charge in [0.15, 0.2) is 0 Å². The number of carbonyl (C=O) groups is 2. The molecular formula is C66H127NO5. The van der Waals surface area contributed by atoms with Gasteiger partial charge in [-0.05, 0) is 57.8 Å². The first-order valence-corrected chi connectivity index (χ1v) is 32.6. The van der Waals surface area contributed by atoms with E-state index >= 15 is 0 Å². The highest BCUT2D eigenvalue weighted by molar-refractivity contribution is 5.76. The predicted molar refractivity (Wildman–Crippen MR) is 315 cm³/mol. The van der Waals surface area contributed by atoms with Gasteiger partial charge in [-0.15, -0.1) is 0 Å². The molecule has 0 heterocycles. The van der Waals surface area contributed by atoms with E-state index in [1.807, 2.05) is 0 Å². The molecule has 0 aliphatic rings. The maximum atomic E-state index is 12.5. The van der Waals surface area contributed by atoms with Crippen LogP contribution in [0.25, 0.3) is 0 Å². The number of amides is 1. The number of nitrogens with one attached hydrogen (secondary N) is 1. The van der Waals surface area contributed by atoms with Gasteiger partial charge in [0, 0.05) is 12.8 Å². The Hall–Kier alpha value is -1.66. The first-order chi connectivity index (χ1) is 35.5. The van der Waals surface area contributed by atoms with E-state index in [1.165, 1.54) is 270 Å². The van der Waals surface area contributed by atoms with E-state index in [-0.39, 0.29) is 18.5 Å². The minimum absolute atomic E-state index is 0.00199. The van der Waals surface area contributed by atoms with Crippen molar-refractivity contribution in [2.75, 3.05) is 13.2 Å². The molecule has 0 aromatic heterocycles. The second-order valence-corrected chi connectivity index (χ2v) is 22.5. The predicted octanol–water partition coefficient (Wildman–Crippen LogP) is 20.6. The molecule has 3 N–H and O–H groups in total. The Kier molecular flexibility index (Phi) is 60.5. The standard InChI is InChI=1S/C66H127NO5/c1-3-5-7-9-11-13-15-17-19-21-23-24-26-27-30-34-38-42-46-50-54-58-64(69)63(62-68)67-65(70)59-55-51-47-43-39-35-31-29-33-37-41-45-49-53-57-61-72-66(71)60-56-52-48-44-40-36-32-28-25-22-20-18-16-14-12-10-8-6-4-2/h12,14,18,20,63-64,68-69H,3-11,13,15-17,19,21-62H2,1-2H3,(H,67,70)/b14-12-,20-18-. The highest BCUT2D eigenvalue weighted by Crippen LogP contribution is 2.18. The van der Waals surface area contributed by atoms with E-state index in [4.69, 9.17) is 4.74 Å². The van der Waals surface area contributed by atoms with E-state index in [9.17, 15) is 19.8 Å². The number of unbranched alkanes of at least 4 members (excludes halogenated alkanes) is 46. The molecule has 0 radical (unpaired) electrons. The Morgan fingerprint density at radius 2 is 0.694 bits per heavy atom. The summed E-state index contributed by atoms with van der Waals surface area (Å²) in [4.78, 5) is 24.6. The molecule has 2 unspecified atom stereocenters. The minimum Gasteiger partial charge on any atom is -0.466 e. The van der Waals surface area contributed by atoms with Gasteiger partial charge in [0.25, 0.3) is 0 Å². The van der Waals surface area contributed by atoms with Crippen molar-refractivity contribution < 1.29 is 24.5 Å². The molecule has 0 fully saturated rings. The third-order valence-corrected chi connectivity index (χ3v) is 15.3. The first-order valence-electron chi connectivity index (χ1n) is 32.6. The van der Waals surface area contributed by atoms with Gasteiger partial charge in [0.2, 0.25) is 5.91 Å². The Labute approximate surface area is 450 Å². The van der Waals surface area contributed by atoms with E-state index in [0.29, 0.717) is 25.9 Å². The number of allylic oxidation sites excluding steroid dienone is 4. The van der Waals surface area contributed by atoms with E-state index in [0.717, 1.165) is 57.8 Å². The molecule has 2 atom stereocenters. The number of hydrogen-bond donors (Lipinski definition) is 3. The summed E-state index contributed by atoms with van der Waals surface area (Å²) < 4.78 is 5.49. The van der Waals surface area contributed by atoms with Gasteiger partial charge in [-0.3, -0.25) is 9.59 Å². The second kappa shape index (κ2) is 61.9. The molecule has 1 amide bonds. The normalized spacial score (nSPS) is 12.7. The van der Waals surface area contributed by atoms with Crippen molar-refractivity contribution in [2.24, 2.45) is 0 Å². The number of esters is 1. The largest absolute Gasteiger partial charge is 0.466 e. The molecule has 0 bridgehead atoms. The van der Waals surface area contributed by atoms with Gasteiger partial charge in [-0.2, -0.15) is 0 Å². The zero-order valence-corrected chi connectivity index (χ0v) is 48.7. The summed E-state index contributed by atoms with van der Waals surface area (Å²) >= 11 is 0. The van der Waals surface area contributed by atoms with Crippen LogP contribution in [0.2, 0.25) is 0 Å². The molecule has 0 aliphatic carbocycles. The van der Waals surface area contributed by atoms with Gasteiger partial charge in [-0.1, -0.05) is 314 Å². The average molecular weight is 1010 g/mol. The maximum absolute atomic E-state index is 12.5. The van der Waals surface area contributed by atoms with Crippen LogP contribution in [-0.2, 0) is 14.3 Å². The van der Waals surface area contributed by atoms with Crippen molar-refractivity contribution in [3.8, 4) is 0 Å². The fourth-order valence-corrected chi connectivity index (χ4v) is 10.3. The molecule has 0 saturated carbocycles. The van der Waals surface area contributed by atoms with Crippen LogP contribution in [0.5, 0.6) is 0 Å². The Bertz CT molecular complexity index is 1120. The molecular weight excluding hydrogens is 887 g/mol. The van der Waals surface area contributed by atoms with E-state index in [2.05, 4.69) is 43.5 Å². The van der Waals surface area contributed by atoms with Crippen LogP contribution in [-0.4, -0.2) is 47.4 Å². The number of aliphatic hydroxyl groups is 2. The minimum atomic E-state index is -0.671. The highest BCUT2D eigenvalue weighted by atomic mass is 16.5. The lowest BCUT2D eigenvalue weighted by Crippen LogP contribution is -2.45. The highest BCUT2D eigenvalue weighted by Gasteiger charge is 2.20. The van der Waals surface area contributed by atoms with Crippen molar-refractivity contribution in [3.05, 3.63) is 24.3 Å². The number of rotatable bonds is 61. The second-order valence-electron chi connectivity index (χ2n) is 22.5. The fraction of sp³-hybridized carbons (Fsp3) is 0.909. The number of aliphatic hydroxyl groups excluding tert-OH is 2. The van der Waals surface area contributed by atoms with E-state index < -0.39 is 12.1 Å². The zero-order chi connectivity index (χ0) is 52.2. The summed E-state index contributed by atoms with van der Waals surface area (Å²) in [5.41, 5.74) is 0. The molecule has 426 valence electrons. The van der Waals surface area contributed by atoms with Crippen LogP contribution >= 0.6 is 0 Å². The van der Waals surface area contributed by atoms with Gasteiger partial charge >= 0.3 is 5.97 Å². The Morgan fingerprint density at radius 1 is 0.389 bits per heavy atom. The van der Waals surface area contributed by atoms with Crippen LogP contribution in [0.3, 0.4) is 0 Å². The summed E-state index contributed by atoms with van der Waals surface area (Å²) in [6, 6.07) is -0.549. The van der Waals surface area contributed by atoms with Gasteiger partial charge < -0.3 is 20.3 Å². The molecule has 0 saturated heterocycles. The van der Waals surface area contributed by atoms with Gasteiger partial charge in [-0.25, -0.2) is 0 Å². The molecule has 0 aliphatic heterocycles. The van der Waals surface area contributed by atoms with Crippen LogP contribution in [0.15, 0.2) is 24.3 Å². The summed E-state index contributed by atoms with van der Waals surface area (Å²) in [7, 11) is 0. The number of hydrogen-bond acceptors (Lipinski definition) is 5. The lowest BCUT2D eigenvalue weighted by molar-refractivity contribution is -0.143. The molecule has 0 rings (SSSR count). The van der Waals surface area contributed by atoms with Crippen LogP contribution in [0.4, 0.5) is 0 Å². The van der Waals surface area contributed by atoms with E-state index in [1.54, 1.807) is 0 Å². The van der Waals surface area contributed by atoms with Crippen molar-refractivity contribution in [1.29, 1.82) is 0 Å². The third-order valence-electron chi connectivity index (χ3n) is 15.3.